The zero-order valence-electron chi connectivity index (χ0n) is 16.4. The molecule has 0 atom stereocenters. The average Bonchev–Trinajstić information content (AvgIpc) is 2.64. The van der Waals surface area contributed by atoms with Gasteiger partial charge in [0.25, 0.3) is 0 Å². The molecule has 0 aromatic heterocycles. The first-order valence-corrected chi connectivity index (χ1v) is 8.79. The fourth-order valence-corrected chi connectivity index (χ4v) is 2.59. The second-order valence-electron chi connectivity index (χ2n) is 6.68. The van der Waals surface area contributed by atoms with Crippen LogP contribution < -0.4 is 10.1 Å². The van der Waals surface area contributed by atoms with Crippen molar-refractivity contribution in [3.05, 3.63) is 59.7 Å². The summed E-state index contributed by atoms with van der Waals surface area (Å²) in [5.74, 6) is 0.481. The average molecular weight is 369 g/mol. The van der Waals surface area contributed by atoms with Crippen LogP contribution in [0, 0.1) is 6.92 Å². The maximum Gasteiger partial charge on any atom is 0.243 e. The largest absolute Gasteiger partial charge is 0.497 e. The van der Waals surface area contributed by atoms with E-state index in [1.165, 1.54) is 4.90 Å². The van der Waals surface area contributed by atoms with Gasteiger partial charge in [-0.15, -0.1) is 0 Å². The van der Waals surface area contributed by atoms with Crippen molar-refractivity contribution in [2.75, 3.05) is 39.6 Å². The number of benzene rings is 2. The van der Waals surface area contributed by atoms with E-state index in [0.717, 1.165) is 22.6 Å². The number of methoxy groups -OCH3 is 1. The van der Waals surface area contributed by atoms with Crippen LogP contribution in [0.3, 0.4) is 0 Å². The van der Waals surface area contributed by atoms with Crippen LogP contribution in [0.4, 0.5) is 5.69 Å². The predicted octanol–water partition coefficient (Wildman–Crippen LogP) is 2.53. The molecule has 2 aromatic carbocycles. The second-order valence-corrected chi connectivity index (χ2v) is 6.68. The lowest BCUT2D eigenvalue weighted by atomic mass is 10.2. The van der Waals surface area contributed by atoms with Crippen molar-refractivity contribution >= 4 is 17.5 Å². The van der Waals surface area contributed by atoms with Crippen LogP contribution in [0.2, 0.25) is 0 Å². The van der Waals surface area contributed by atoms with E-state index in [9.17, 15) is 9.59 Å². The van der Waals surface area contributed by atoms with Crippen LogP contribution in [0.1, 0.15) is 11.1 Å². The molecule has 0 saturated carbocycles. The molecule has 0 aliphatic carbocycles. The first kappa shape index (κ1) is 20.5. The highest BCUT2D eigenvalue weighted by atomic mass is 16.5. The van der Waals surface area contributed by atoms with E-state index in [1.807, 2.05) is 67.4 Å². The molecule has 0 aliphatic rings. The molecule has 6 nitrogen and oxygen atoms in total. The monoisotopic (exact) mass is 369 g/mol. The Kier molecular flexibility index (Phi) is 7.37. The van der Waals surface area contributed by atoms with E-state index in [2.05, 4.69) is 5.32 Å². The van der Waals surface area contributed by atoms with Crippen molar-refractivity contribution in [1.82, 2.24) is 9.80 Å². The standard InChI is InChI=1S/C21H27N3O3/c1-16-5-9-18(10-6-16)22-20(25)14-24(3)21(26)15-23(2)13-17-7-11-19(27-4)12-8-17/h5-12H,13-15H2,1-4H3,(H,22,25). The first-order valence-electron chi connectivity index (χ1n) is 8.79. The minimum Gasteiger partial charge on any atom is -0.497 e. The van der Waals surface area contributed by atoms with Gasteiger partial charge < -0.3 is 15.0 Å². The Balaban J connectivity index is 1.79. The summed E-state index contributed by atoms with van der Waals surface area (Å²) in [4.78, 5) is 27.8. The summed E-state index contributed by atoms with van der Waals surface area (Å²) >= 11 is 0. The van der Waals surface area contributed by atoms with Crippen molar-refractivity contribution in [2.45, 2.75) is 13.5 Å². The number of hydrogen-bond donors (Lipinski definition) is 1. The number of rotatable bonds is 8. The van der Waals surface area contributed by atoms with E-state index in [4.69, 9.17) is 4.74 Å². The number of hydrogen-bond acceptors (Lipinski definition) is 4. The number of amides is 2. The minimum absolute atomic E-state index is 0.0169. The van der Waals surface area contributed by atoms with Gasteiger partial charge >= 0.3 is 0 Å². The van der Waals surface area contributed by atoms with E-state index in [0.29, 0.717) is 6.54 Å². The van der Waals surface area contributed by atoms with Crippen LogP contribution >= 0.6 is 0 Å². The molecule has 0 spiro atoms. The lowest BCUT2D eigenvalue weighted by Gasteiger charge is -2.21. The van der Waals surface area contributed by atoms with Crippen LogP contribution in [-0.2, 0) is 16.1 Å². The Labute approximate surface area is 160 Å². The van der Waals surface area contributed by atoms with E-state index < -0.39 is 0 Å². The highest BCUT2D eigenvalue weighted by Gasteiger charge is 2.15. The van der Waals surface area contributed by atoms with E-state index in [-0.39, 0.29) is 24.9 Å². The van der Waals surface area contributed by atoms with Gasteiger partial charge in [0.15, 0.2) is 0 Å². The Morgan fingerprint density at radius 1 is 0.963 bits per heavy atom. The number of anilines is 1. The topological polar surface area (TPSA) is 61.9 Å². The summed E-state index contributed by atoms with van der Waals surface area (Å²) < 4.78 is 5.14. The Bertz CT molecular complexity index is 757. The fourth-order valence-electron chi connectivity index (χ4n) is 2.59. The molecule has 0 fully saturated rings. The number of aryl methyl sites for hydroxylation is 1. The molecule has 0 bridgehead atoms. The third-order valence-corrected chi connectivity index (χ3v) is 4.16. The number of likely N-dealkylation sites (N-methyl/N-ethyl adjacent to an activating group) is 2. The zero-order valence-corrected chi connectivity index (χ0v) is 16.4. The summed E-state index contributed by atoms with van der Waals surface area (Å²) in [6, 6.07) is 15.3. The lowest BCUT2D eigenvalue weighted by Crippen LogP contribution is -2.40. The van der Waals surface area contributed by atoms with Crippen LogP contribution in [-0.4, -0.2) is 55.9 Å². The quantitative estimate of drug-likeness (QED) is 0.777. The number of carbonyl (C=O) groups excluding carboxylic acids is 2. The molecule has 2 amide bonds. The van der Waals surface area contributed by atoms with Crippen molar-refractivity contribution < 1.29 is 14.3 Å². The minimum atomic E-state index is -0.215. The van der Waals surface area contributed by atoms with Gasteiger partial charge in [-0.05, 0) is 43.8 Å². The maximum absolute atomic E-state index is 12.4. The van der Waals surface area contributed by atoms with Gasteiger partial charge in [-0.1, -0.05) is 29.8 Å². The maximum atomic E-state index is 12.4. The third kappa shape index (κ3) is 6.75. The van der Waals surface area contributed by atoms with Gasteiger partial charge in [-0.2, -0.15) is 0 Å². The van der Waals surface area contributed by atoms with Gasteiger partial charge in [0.1, 0.15) is 5.75 Å². The summed E-state index contributed by atoms with van der Waals surface area (Å²) in [5.41, 5.74) is 2.94. The Morgan fingerprint density at radius 2 is 1.59 bits per heavy atom. The number of ether oxygens (including phenoxy) is 1. The molecular weight excluding hydrogens is 342 g/mol. The molecule has 0 radical (unpaired) electrons. The van der Waals surface area contributed by atoms with Gasteiger partial charge in [0.05, 0.1) is 20.2 Å². The van der Waals surface area contributed by atoms with Gasteiger partial charge in [-0.3, -0.25) is 14.5 Å². The van der Waals surface area contributed by atoms with Crippen molar-refractivity contribution in [3.63, 3.8) is 0 Å². The Morgan fingerprint density at radius 3 is 2.19 bits per heavy atom. The molecule has 0 saturated heterocycles. The van der Waals surface area contributed by atoms with Crippen LogP contribution in [0.15, 0.2) is 48.5 Å². The van der Waals surface area contributed by atoms with Gasteiger partial charge in [0, 0.05) is 19.3 Å². The molecule has 6 heteroatoms. The van der Waals surface area contributed by atoms with E-state index >= 15 is 0 Å². The summed E-state index contributed by atoms with van der Waals surface area (Å²) in [5, 5.41) is 2.80. The first-order chi connectivity index (χ1) is 12.9. The van der Waals surface area contributed by atoms with Crippen LogP contribution in [0.25, 0.3) is 0 Å². The SMILES string of the molecule is COc1ccc(CN(C)CC(=O)N(C)CC(=O)Nc2ccc(C)cc2)cc1. The summed E-state index contributed by atoms with van der Waals surface area (Å²) in [6.07, 6.45) is 0. The van der Waals surface area contributed by atoms with Gasteiger partial charge in [0.2, 0.25) is 11.8 Å². The highest BCUT2D eigenvalue weighted by molar-refractivity contribution is 5.94. The zero-order chi connectivity index (χ0) is 19.8. The Hall–Kier alpha value is -2.86. The number of carbonyl (C=O) groups is 2. The lowest BCUT2D eigenvalue weighted by molar-refractivity contribution is -0.134. The number of nitrogens with zero attached hydrogens (tertiary/aromatic N) is 2. The predicted molar refractivity (Wildman–Crippen MR) is 107 cm³/mol. The normalized spacial score (nSPS) is 10.6. The number of nitrogens with one attached hydrogen (secondary N) is 1. The molecule has 0 heterocycles. The molecule has 2 rings (SSSR count). The molecule has 0 aliphatic heterocycles. The van der Waals surface area contributed by atoms with Crippen molar-refractivity contribution in [1.29, 1.82) is 0 Å². The van der Waals surface area contributed by atoms with Crippen molar-refractivity contribution in [2.24, 2.45) is 0 Å². The van der Waals surface area contributed by atoms with Crippen LogP contribution in [0.5, 0.6) is 5.75 Å². The molecule has 27 heavy (non-hydrogen) atoms. The smallest absolute Gasteiger partial charge is 0.243 e. The summed E-state index contributed by atoms with van der Waals surface area (Å²) in [6.45, 7) is 2.88. The molecule has 144 valence electrons. The van der Waals surface area contributed by atoms with E-state index in [1.54, 1.807) is 14.2 Å². The fraction of sp³-hybridized carbons (Fsp3) is 0.333. The third-order valence-electron chi connectivity index (χ3n) is 4.16. The second kappa shape index (κ2) is 9.73. The molecule has 1 N–H and O–H groups in total. The highest BCUT2D eigenvalue weighted by Crippen LogP contribution is 2.12. The molecule has 0 unspecified atom stereocenters. The summed E-state index contributed by atoms with van der Waals surface area (Å²) in [7, 11) is 5.14. The molecule has 2 aromatic rings. The molecular formula is C21H27N3O3. The van der Waals surface area contributed by atoms with Crippen molar-refractivity contribution in [3.8, 4) is 5.75 Å². The van der Waals surface area contributed by atoms with Gasteiger partial charge in [-0.25, -0.2) is 0 Å².